The highest BCUT2D eigenvalue weighted by molar-refractivity contribution is 5.95. The van der Waals surface area contributed by atoms with E-state index < -0.39 is 11.9 Å². The summed E-state index contributed by atoms with van der Waals surface area (Å²) in [6, 6.07) is 12.2. The number of carbonyl (C=O) groups excluding carboxylic acids is 2. The number of rotatable bonds is 7. The maximum absolute atomic E-state index is 12.7. The normalized spacial score (nSPS) is 14.4. The Morgan fingerprint density at radius 2 is 1.96 bits per heavy atom. The van der Waals surface area contributed by atoms with Gasteiger partial charge in [0.05, 0.1) is 6.26 Å². The topological polar surface area (TPSA) is 83.4 Å². The lowest BCUT2D eigenvalue weighted by molar-refractivity contribution is -0.122. The molecule has 2 heterocycles. The van der Waals surface area contributed by atoms with Crippen LogP contribution in [0.2, 0.25) is 0 Å². The monoisotopic (exact) mass is 389 g/mol. The van der Waals surface area contributed by atoms with E-state index >= 15 is 0 Å². The van der Waals surface area contributed by atoms with Gasteiger partial charge >= 0.3 is 0 Å². The molecule has 3 rings (SSSR count). The van der Waals surface area contributed by atoms with Crippen molar-refractivity contribution in [2.24, 2.45) is 0 Å². The van der Waals surface area contributed by atoms with E-state index in [1.807, 2.05) is 30.3 Å². The average Bonchev–Trinajstić information content (AvgIpc) is 3.22. The van der Waals surface area contributed by atoms with E-state index in [0.29, 0.717) is 13.0 Å². The quantitative estimate of drug-likeness (QED) is 0.633. The Bertz CT molecular complexity index is 760. The molecule has 1 aromatic carbocycles. The Morgan fingerprint density at radius 1 is 1.15 bits per heavy atom. The SMILES string of the molecule is Cl.O=C(NC(Cc1ccccc1)C(=O)NCC1=CCNCC1)c1ccco1. The van der Waals surface area contributed by atoms with Crippen molar-refractivity contribution in [1.29, 1.82) is 0 Å². The standard InChI is InChI=1S/C20H23N3O3.ClH/c24-19(22-14-16-8-10-21-11-9-16)17(13-15-5-2-1-3-6-15)23-20(25)18-7-4-12-26-18;/h1-8,12,17,21H,9-11,13-14H2,(H,22,24)(H,23,25);1H. The van der Waals surface area contributed by atoms with Gasteiger partial charge in [0.25, 0.3) is 5.91 Å². The first-order chi connectivity index (χ1) is 12.7. The van der Waals surface area contributed by atoms with Gasteiger partial charge in [0.1, 0.15) is 6.04 Å². The van der Waals surface area contributed by atoms with Gasteiger partial charge in [-0.2, -0.15) is 0 Å². The van der Waals surface area contributed by atoms with Crippen molar-refractivity contribution in [1.82, 2.24) is 16.0 Å². The summed E-state index contributed by atoms with van der Waals surface area (Å²) in [5, 5.41) is 8.96. The molecule has 2 aromatic rings. The summed E-state index contributed by atoms with van der Waals surface area (Å²) in [7, 11) is 0. The molecule has 0 bridgehead atoms. The number of nitrogens with one attached hydrogen (secondary N) is 3. The summed E-state index contributed by atoms with van der Waals surface area (Å²) in [5.74, 6) is -0.405. The number of halogens is 1. The fourth-order valence-corrected chi connectivity index (χ4v) is 2.85. The third-order valence-corrected chi connectivity index (χ3v) is 4.30. The molecule has 0 fully saturated rings. The van der Waals surface area contributed by atoms with E-state index in [-0.39, 0.29) is 24.1 Å². The van der Waals surface area contributed by atoms with Gasteiger partial charge in [0.15, 0.2) is 5.76 Å². The van der Waals surface area contributed by atoms with Crippen LogP contribution in [0.25, 0.3) is 0 Å². The average molecular weight is 390 g/mol. The minimum Gasteiger partial charge on any atom is -0.459 e. The molecule has 2 amide bonds. The van der Waals surface area contributed by atoms with Crippen LogP contribution in [0.15, 0.2) is 64.8 Å². The summed E-state index contributed by atoms with van der Waals surface area (Å²) >= 11 is 0. The second kappa shape index (κ2) is 10.5. The van der Waals surface area contributed by atoms with Crippen LogP contribution in [0.3, 0.4) is 0 Å². The minimum absolute atomic E-state index is 0. The fraction of sp³-hybridized carbons (Fsp3) is 0.300. The van der Waals surface area contributed by atoms with Gasteiger partial charge in [-0.3, -0.25) is 9.59 Å². The van der Waals surface area contributed by atoms with Gasteiger partial charge in [0.2, 0.25) is 5.91 Å². The van der Waals surface area contributed by atoms with Crippen LogP contribution in [-0.2, 0) is 11.2 Å². The molecule has 3 N–H and O–H groups in total. The van der Waals surface area contributed by atoms with Crippen molar-refractivity contribution >= 4 is 24.2 Å². The Morgan fingerprint density at radius 3 is 2.63 bits per heavy atom. The predicted molar refractivity (Wildman–Crippen MR) is 106 cm³/mol. The Balaban J connectivity index is 0.00000261. The summed E-state index contributed by atoms with van der Waals surface area (Å²) in [4.78, 5) is 25.0. The molecule has 0 spiro atoms. The third-order valence-electron chi connectivity index (χ3n) is 4.30. The van der Waals surface area contributed by atoms with Crippen molar-refractivity contribution in [3.63, 3.8) is 0 Å². The van der Waals surface area contributed by atoms with Gasteiger partial charge in [0, 0.05) is 19.5 Å². The summed E-state index contributed by atoms with van der Waals surface area (Å²) in [6.45, 7) is 2.25. The van der Waals surface area contributed by atoms with E-state index in [4.69, 9.17) is 4.42 Å². The Kier molecular flexibility index (Phi) is 8.10. The molecule has 1 aromatic heterocycles. The lowest BCUT2D eigenvalue weighted by atomic mass is 10.0. The van der Waals surface area contributed by atoms with Crippen LogP contribution in [-0.4, -0.2) is 37.5 Å². The molecule has 0 aliphatic carbocycles. The van der Waals surface area contributed by atoms with E-state index in [2.05, 4.69) is 22.0 Å². The maximum atomic E-state index is 12.7. The second-order valence-electron chi connectivity index (χ2n) is 6.23. The van der Waals surface area contributed by atoms with Crippen molar-refractivity contribution in [2.75, 3.05) is 19.6 Å². The summed E-state index contributed by atoms with van der Waals surface area (Å²) < 4.78 is 5.12. The molecule has 0 saturated heterocycles. The van der Waals surface area contributed by atoms with Crippen molar-refractivity contribution in [2.45, 2.75) is 18.9 Å². The largest absolute Gasteiger partial charge is 0.459 e. The molecule has 6 nitrogen and oxygen atoms in total. The molecule has 1 atom stereocenters. The summed E-state index contributed by atoms with van der Waals surface area (Å²) in [6.07, 6.45) is 4.87. The molecule has 0 radical (unpaired) electrons. The summed E-state index contributed by atoms with van der Waals surface area (Å²) in [5.41, 5.74) is 2.18. The van der Waals surface area contributed by atoms with E-state index in [1.165, 1.54) is 11.8 Å². The Hall–Kier alpha value is -2.57. The maximum Gasteiger partial charge on any atom is 0.287 e. The van der Waals surface area contributed by atoms with Crippen LogP contribution >= 0.6 is 12.4 Å². The lowest BCUT2D eigenvalue weighted by Crippen LogP contribution is -2.48. The third kappa shape index (κ3) is 6.27. The highest BCUT2D eigenvalue weighted by atomic mass is 35.5. The molecule has 1 aliphatic heterocycles. The lowest BCUT2D eigenvalue weighted by Gasteiger charge is -2.20. The molecular formula is C20H24ClN3O3. The highest BCUT2D eigenvalue weighted by Crippen LogP contribution is 2.07. The molecule has 144 valence electrons. The van der Waals surface area contributed by atoms with Crippen molar-refractivity contribution < 1.29 is 14.0 Å². The van der Waals surface area contributed by atoms with Crippen LogP contribution < -0.4 is 16.0 Å². The van der Waals surface area contributed by atoms with Crippen LogP contribution in [0, 0.1) is 0 Å². The van der Waals surface area contributed by atoms with Crippen LogP contribution in [0.5, 0.6) is 0 Å². The fourth-order valence-electron chi connectivity index (χ4n) is 2.85. The van der Waals surface area contributed by atoms with Crippen molar-refractivity contribution in [3.05, 3.63) is 71.7 Å². The number of furan rings is 1. The first-order valence-electron chi connectivity index (χ1n) is 8.77. The molecule has 1 aliphatic rings. The number of carbonyl (C=O) groups is 2. The van der Waals surface area contributed by atoms with Crippen LogP contribution in [0.1, 0.15) is 22.5 Å². The van der Waals surface area contributed by atoms with Gasteiger partial charge < -0.3 is 20.4 Å². The second-order valence-corrected chi connectivity index (χ2v) is 6.23. The van der Waals surface area contributed by atoms with Gasteiger partial charge in [-0.15, -0.1) is 12.4 Å². The van der Waals surface area contributed by atoms with E-state index in [1.54, 1.807) is 12.1 Å². The number of benzene rings is 1. The predicted octanol–water partition coefficient (Wildman–Crippen LogP) is 2.08. The van der Waals surface area contributed by atoms with Crippen LogP contribution in [0.4, 0.5) is 0 Å². The van der Waals surface area contributed by atoms with Gasteiger partial charge in [-0.1, -0.05) is 42.0 Å². The number of hydrogen-bond acceptors (Lipinski definition) is 4. The molecule has 7 heteroatoms. The van der Waals surface area contributed by atoms with Gasteiger partial charge in [-0.25, -0.2) is 0 Å². The number of amides is 2. The molecular weight excluding hydrogens is 366 g/mol. The van der Waals surface area contributed by atoms with E-state index in [0.717, 1.165) is 25.1 Å². The highest BCUT2D eigenvalue weighted by Gasteiger charge is 2.23. The zero-order chi connectivity index (χ0) is 18.2. The van der Waals surface area contributed by atoms with Crippen molar-refractivity contribution in [3.8, 4) is 0 Å². The zero-order valence-corrected chi connectivity index (χ0v) is 15.8. The van der Waals surface area contributed by atoms with Gasteiger partial charge in [-0.05, 0) is 30.7 Å². The first kappa shape index (κ1) is 20.7. The zero-order valence-electron chi connectivity index (χ0n) is 14.9. The Labute approximate surface area is 164 Å². The minimum atomic E-state index is -0.669. The molecule has 27 heavy (non-hydrogen) atoms. The van der Waals surface area contributed by atoms with E-state index in [9.17, 15) is 9.59 Å². The first-order valence-corrected chi connectivity index (χ1v) is 8.77. The molecule has 0 saturated carbocycles. The molecule has 1 unspecified atom stereocenters. The smallest absolute Gasteiger partial charge is 0.287 e. The number of hydrogen-bond donors (Lipinski definition) is 3.